The average Bonchev–Trinajstić information content (AvgIpc) is 2.97. The van der Waals surface area contributed by atoms with Gasteiger partial charge in [0.25, 0.3) is 0 Å². The minimum absolute atomic E-state index is 0.0248. The van der Waals surface area contributed by atoms with Crippen molar-refractivity contribution in [2.45, 2.75) is 51.7 Å². The molecule has 0 N–H and O–H groups in total. The van der Waals surface area contributed by atoms with Crippen LogP contribution in [-0.4, -0.2) is 45.7 Å². The Balaban J connectivity index is 1.73. The van der Waals surface area contributed by atoms with Crippen LogP contribution in [0.5, 0.6) is 5.75 Å². The number of hydrogen-bond acceptors (Lipinski definition) is 4. The third-order valence-corrected chi connectivity index (χ3v) is 4.72. The Kier molecular flexibility index (Phi) is 5.60. The number of carbonyl (C=O) groups excluding carboxylic acids is 1. The quantitative estimate of drug-likeness (QED) is 0.679. The molecule has 1 fully saturated rings. The Morgan fingerprint density at radius 3 is 2.56 bits per heavy atom. The van der Waals surface area contributed by atoms with E-state index in [9.17, 15) is 13.6 Å². The van der Waals surface area contributed by atoms with Gasteiger partial charge in [-0.2, -0.15) is 8.78 Å². The van der Waals surface area contributed by atoms with Crippen molar-refractivity contribution in [2.24, 2.45) is 0 Å². The van der Waals surface area contributed by atoms with Crippen LogP contribution < -0.4 is 4.74 Å². The molecule has 1 aliphatic rings. The Morgan fingerprint density at radius 1 is 1.30 bits per heavy atom. The fourth-order valence-electron chi connectivity index (χ4n) is 3.12. The molecular formula is C18H22BrF2N3O3. The molecule has 6 nitrogen and oxygen atoms in total. The number of halogens is 3. The van der Waals surface area contributed by atoms with Crippen molar-refractivity contribution >= 4 is 27.7 Å². The zero-order valence-electron chi connectivity index (χ0n) is 15.4. The minimum Gasteiger partial charge on any atom is -0.444 e. The molecule has 0 aromatic carbocycles. The summed E-state index contributed by atoms with van der Waals surface area (Å²) >= 11 is 3.29. The van der Waals surface area contributed by atoms with Gasteiger partial charge in [-0.05, 0) is 55.6 Å². The van der Waals surface area contributed by atoms with Crippen molar-refractivity contribution in [2.75, 3.05) is 13.1 Å². The normalized spacial score (nSPS) is 16.2. The number of hydrogen-bond donors (Lipinski definition) is 0. The Bertz CT molecular complexity index is 827. The van der Waals surface area contributed by atoms with Gasteiger partial charge >= 0.3 is 12.7 Å². The summed E-state index contributed by atoms with van der Waals surface area (Å²) in [6.07, 6.45) is 4.73. The van der Waals surface area contributed by atoms with Gasteiger partial charge in [-0.1, -0.05) is 0 Å². The number of carbonyl (C=O) groups is 1. The van der Waals surface area contributed by atoms with Gasteiger partial charge in [-0.3, -0.25) is 0 Å². The van der Waals surface area contributed by atoms with Gasteiger partial charge in [0.1, 0.15) is 5.60 Å². The zero-order valence-corrected chi connectivity index (χ0v) is 17.0. The van der Waals surface area contributed by atoms with Crippen LogP contribution in [0.15, 0.2) is 22.9 Å². The lowest BCUT2D eigenvalue weighted by atomic mass is 9.94. The van der Waals surface area contributed by atoms with Crippen LogP contribution >= 0.6 is 15.9 Å². The SMILES string of the molecule is CC(C)(C)OC(=O)N1CCC(c2cn3cc(Br)cc(OC(F)F)c3n2)CC1. The van der Waals surface area contributed by atoms with E-state index in [1.807, 2.05) is 27.0 Å². The van der Waals surface area contributed by atoms with Crippen LogP contribution in [-0.2, 0) is 4.74 Å². The second-order valence-electron chi connectivity index (χ2n) is 7.54. The molecule has 2 aromatic rings. The number of amides is 1. The summed E-state index contributed by atoms with van der Waals surface area (Å²) in [6, 6.07) is 1.48. The second-order valence-corrected chi connectivity index (χ2v) is 8.46. The fourth-order valence-corrected chi connectivity index (χ4v) is 3.55. The summed E-state index contributed by atoms with van der Waals surface area (Å²) in [4.78, 5) is 18.4. The largest absolute Gasteiger partial charge is 0.444 e. The number of rotatable bonds is 3. The van der Waals surface area contributed by atoms with Gasteiger partial charge in [0.05, 0.1) is 5.69 Å². The molecule has 148 valence electrons. The monoisotopic (exact) mass is 445 g/mol. The van der Waals surface area contributed by atoms with E-state index in [-0.39, 0.29) is 17.8 Å². The highest BCUT2D eigenvalue weighted by molar-refractivity contribution is 9.10. The van der Waals surface area contributed by atoms with Crippen LogP contribution in [0.25, 0.3) is 5.65 Å². The molecular weight excluding hydrogens is 424 g/mol. The van der Waals surface area contributed by atoms with Crippen LogP contribution in [0, 0.1) is 0 Å². The molecule has 0 spiro atoms. The third kappa shape index (κ3) is 4.88. The van der Waals surface area contributed by atoms with Crippen LogP contribution in [0.4, 0.5) is 13.6 Å². The van der Waals surface area contributed by atoms with E-state index in [0.717, 1.165) is 18.5 Å². The number of ether oxygens (including phenoxy) is 2. The Labute approximate surface area is 164 Å². The summed E-state index contributed by atoms with van der Waals surface area (Å²) in [6.45, 7) is 3.73. The average molecular weight is 446 g/mol. The number of imidazole rings is 1. The molecule has 2 aromatic heterocycles. The molecule has 1 aliphatic heterocycles. The topological polar surface area (TPSA) is 56.1 Å². The van der Waals surface area contributed by atoms with Crippen molar-refractivity contribution < 1.29 is 23.0 Å². The second kappa shape index (κ2) is 7.61. The predicted octanol–water partition coefficient (Wildman–Crippen LogP) is 4.81. The number of nitrogens with zero attached hydrogens (tertiary/aromatic N) is 3. The molecule has 0 aliphatic carbocycles. The highest BCUT2D eigenvalue weighted by Crippen LogP contribution is 2.32. The van der Waals surface area contributed by atoms with Crippen LogP contribution in [0.2, 0.25) is 0 Å². The highest BCUT2D eigenvalue weighted by atomic mass is 79.9. The lowest BCUT2D eigenvalue weighted by Crippen LogP contribution is -2.41. The summed E-state index contributed by atoms with van der Waals surface area (Å²) in [5.74, 6) is 0.165. The lowest BCUT2D eigenvalue weighted by Gasteiger charge is -2.32. The summed E-state index contributed by atoms with van der Waals surface area (Å²) in [7, 11) is 0. The number of fused-ring (bicyclic) bond motifs is 1. The minimum atomic E-state index is -2.92. The van der Waals surface area contributed by atoms with Crippen molar-refractivity contribution in [3.63, 3.8) is 0 Å². The molecule has 0 unspecified atom stereocenters. The molecule has 3 heterocycles. The van der Waals surface area contributed by atoms with E-state index in [1.165, 1.54) is 6.07 Å². The fraction of sp³-hybridized carbons (Fsp3) is 0.556. The van der Waals surface area contributed by atoms with E-state index in [2.05, 4.69) is 25.7 Å². The van der Waals surface area contributed by atoms with E-state index in [4.69, 9.17) is 4.74 Å². The first-order chi connectivity index (χ1) is 12.6. The first kappa shape index (κ1) is 19.9. The third-order valence-electron chi connectivity index (χ3n) is 4.28. The molecule has 1 amide bonds. The van der Waals surface area contributed by atoms with E-state index in [1.54, 1.807) is 15.5 Å². The van der Waals surface area contributed by atoms with Gasteiger partial charge in [0.2, 0.25) is 0 Å². The maximum atomic E-state index is 12.7. The maximum absolute atomic E-state index is 12.7. The summed E-state index contributed by atoms with van der Waals surface area (Å²) in [5.41, 5.74) is 0.628. The molecule has 1 saturated heterocycles. The molecule has 0 radical (unpaired) electrons. The Morgan fingerprint density at radius 2 is 1.96 bits per heavy atom. The summed E-state index contributed by atoms with van der Waals surface area (Å²) in [5, 5.41) is 0. The van der Waals surface area contributed by atoms with Gasteiger partial charge in [-0.15, -0.1) is 0 Å². The number of piperidine rings is 1. The van der Waals surface area contributed by atoms with Gasteiger partial charge in [0, 0.05) is 35.9 Å². The van der Waals surface area contributed by atoms with Gasteiger partial charge in [-0.25, -0.2) is 9.78 Å². The van der Waals surface area contributed by atoms with Gasteiger partial charge < -0.3 is 18.8 Å². The van der Waals surface area contributed by atoms with E-state index < -0.39 is 12.2 Å². The molecule has 27 heavy (non-hydrogen) atoms. The van der Waals surface area contributed by atoms with Crippen molar-refractivity contribution in [3.05, 3.63) is 28.6 Å². The van der Waals surface area contributed by atoms with Crippen molar-refractivity contribution in [1.82, 2.24) is 14.3 Å². The van der Waals surface area contributed by atoms with E-state index in [0.29, 0.717) is 23.2 Å². The number of aromatic nitrogens is 2. The van der Waals surface area contributed by atoms with Crippen molar-refractivity contribution in [3.8, 4) is 5.75 Å². The molecule has 3 rings (SSSR count). The lowest BCUT2D eigenvalue weighted by molar-refractivity contribution is -0.0492. The standard InChI is InChI=1S/C18H22BrF2N3O3/c1-18(2,3)27-17(25)23-6-4-11(5-7-23)13-10-24-9-12(19)8-14(15(24)22-13)26-16(20)21/h8-11,16H,4-7H2,1-3H3. The maximum Gasteiger partial charge on any atom is 0.410 e. The number of pyridine rings is 1. The van der Waals surface area contributed by atoms with Gasteiger partial charge in [0.15, 0.2) is 11.4 Å². The first-order valence-electron chi connectivity index (χ1n) is 8.73. The van der Waals surface area contributed by atoms with E-state index >= 15 is 0 Å². The Hall–Kier alpha value is -1.90. The summed E-state index contributed by atoms with van der Waals surface area (Å²) < 4.78 is 37.6. The highest BCUT2D eigenvalue weighted by Gasteiger charge is 2.29. The zero-order chi connectivity index (χ0) is 19.8. The number of alkyl halides is 2. The van der Waals surface area contributed by atoms with Crippen molar-refractivity contribution in [1.29, 1.82) is 0 Å². The molecule has 9 heteroatoms. The van der Waals surface area contributed by atoms with Crippen LogP contribution in [0.1, 0.15) is 45.2 Å². The molecule has 0 atom stereocenters. The number of likely N-dealkylation sites (tertiary alicyclic amines) is 1. The van der Waals surface area contributed by atoms with Crippen LogP contribution in [0.3, 0.4) is 0 Å². The predicted molar refractivity (Wildman–Crippen MR) is 99.3 cm³/mol. The molecule has 0 saturated carbocycles. The molecule has 0 bridgehead atoms. The smallest absolute Gasteiger partial charge is 0.410 e. The first-order valence-corrected chi connectivity index (χ1v) is 9.52.